The van der Waals surface area contributed by atoms with Crippen molar-refractivity contribution in [3.05, 3.63) is 35.9 Å². The molecule has 1 fully saturated rings. The Balaban J connectivity index is 2.23. The van der Waals surface area contributed by atoms with Crippen molar-refractivity contribution in [2.45, 2.75) is 30.5 Å². The number of hydrogen-bond donors (Lipinski definition) is 0. The molecule has 0 N–H and O–H groups in total. The molecule has 1 aliphatic heterocycles. The zero-order valence-corrected chi connectivity index (χ0v) is 11.6. The monoisotopic (exact) mass is 287 g/mol. The van der Waals surface area contributed by atoms with Crippen LogP contribution in [0.5, 0.6) is 0 Å². The molecule has 18 heavy (non-hydrogen) atoms. The minimum atomic E-state index is -1.05. The summed E-state index contributed by atoms with van der Waals surface area (Å²) in [5, 5.41) is 0. The molecule has 5 heteroatoms. The Labute approximate surface area is 117 Å². The van der Waals surface area contributed by atoms with Gasteiger partial charge < -0.3 is 9.64 Å². The van der Waals surface area contributed by atoms with Gasteiger partial charge in [0.15, 0.2) is 11.1 Å². The van der Waals surface area contributed by atoms with Crippen LogP contribution in [0, 0.1) is 0 Å². The van der Waals surface area contributed by atoms with E-state index in [0.29, 0.717) is 6.54 Å². The number of alkyl halides is 2. The Kier molecular flexibility index (Phi) is 4.49. The van der Waals surface area contributed by atoms with E-state index in [1.807, 2.05) is 37.3 Å². The van der Waals surface area contributed by atoms with Crippen LogP contribution in [0.15, 0.2) is 30.3 Å². The van der Waals surface area contributed by atoms with Gasteiger partial charge in [-0.2, -0.15) is 0 Å². The number of carbonyl (C=O) groups is 1. The van der Waals surface area contributed by atoms with Crippen LogP contribution >= 0.6 is 23.2 Å². The molecule has 0 aliphatic carbocycles. The first-order chi connectivity index (χ1) is 8.63. The number of hydrogen-bond acceptors (Lipinski definition) is 2. The van der Waals surface area contributed by atoms with Crippen LogP contribution in [-0.4, -0.2) is 28.3 Å². The van der Waals surface area contributed by atoms with Crippen molar-refractivity contribution in [2.75, 3.05) is 6.54 Å². The van der Waals surface area contributed by atoms with E-state index in [0.717, 1.165) is 12.0 Å². The predicted molar refractivity (Wildman–Crippen MR) is 71.6 cm³/mol. The predicted octanol–water partition coefficient (Wildman–Crippen LogP) is 3.13. The van der Waals surface area contributed by atoms with Gasteiger partial charge in [0.05, 0.1) is 6.10 Å². The molecule has 1 aromatic carbocycles. The van der Waals surface area contributed by atoms with Crippen LogP contribution in [0.25, 0.3) is 0 Å². The smallest absolute Gasteiger partial charge is 0.258 e. The van der Waals surface area contributed by atoms with Crippen molar-refractivity contribution < 1.29 is 9.53 Å². The normalized spacial score (nSPS) is 23.7. The molecule has 0 saturated carbocycles. The molecular weight excluding hydrogens is 273 g/mol. The lowest BCUT2D eigenvalue weighted by Crippen LogP contribution is -2.35. The SMILES string of the molecule is CCC1CN(C(=O)C(Cl)Cl)C(c2ccccc2)O1. The van der Waals surface area contributed by atoms with E-state index >= 15 is 0 Å². The fourth-order valence-electron chi connectivity index (χ4n) is 2.05. The van der Waals surface area contributed by atoms with E-state index in [9.17, 15) is 4.79 Å². The van der Waals surface area contributed by atoms with Crippen molar-refractivity contribution in [3.8, 4) is 0 Å². The van der Waals surface area contributed by atoms with E-state index in [1.54, 1.807) is 4.90 Å². The fourth-order valence-corrected chi connectivity index (χ4v) is 2.30. The Morgan fingerprint density at radius 1 is 1.44 bits per heavy atom. The highest BCUT2D eigenvalue weighted by Crippen LogP contribution is 2.32. The second-order valence-corrected chi connectivity index (χ2v) is 5.32. The molecule has 0 spiro atoms. The highest BCUT2D eigenvalue weighted by Gasteiger charge is 2.37. The first kappa shape index (κ1) is 13.7. The molecule has 3 nitrogen and oxygen atoms in total. The van der Waals surface area contributed by atoms with Crippen LogP contribution < -0.4 is 0 Å². The third kappa shape index (κ3) is 2.79. The van der Waals surface area contributed by atoms with Crippen molar-refractivity contribution in [1.29, 1.82) is 0 Å². The van der Waals surface area contributed by atoms with Crippen molar-refractivity contribution in [2.24, 2.45) is 0 Å². The zero-order valence-electron chi connectivity index (χ0n) is 10.1. The van der Waals surface area contributed by atoms with Gasteiger partial charge in [0.2, 0.25) is 0 Å². The van der Waals surface area contributed by atoms with Gasteiger partial charge in [-0.25, -0.2) is 0 Å². The molecule has 2 unspecified atom stereocenters. The first-order valence-electron chi connectivity index (χ1n) is 5.92. The second-order valence-electron chi connectivity index (χ2n) is 4.22. The molecule has 1 aromatic rings. The molecular formula is C13H15Cl2NO2. The Hall–Kier alpha value is -0.770. The Morgan fingerprint density at radius 3 is 2.67 bits per heavy atom. The number of nitrogens with zero attached hydrogens (tertiary/aromatic N) is 1. The molecule has 1 heterocycles. The molecule has 1 amide bonds. The van der Waals surface area contributed by atoms with Gasteiger partial charge in [-0.3, -0.25) is 4.79 Å². The zero-order chi connectivity index (χ0) is 13.1. The molecule has 2 rings (SSSR count). The lowest BCUT2D eigenvalue weighted by Gasteiger charge is -2.23. The topological polar surface area (TPSA) is 29.5 Å². The van der Waals surface area contributed by atoms with Crippen molar-refractivity contribution >= 4 is 29.1 Å². The maximum absolute atomic E-state index is 12.0. The fraction of sp³-hybridized carbons (Fsp3) is 0.462. The molecule has 0 bridgehead atoms. The number of rotatable bonds is 3. The van der Waals surface area contributed by atoms with E-state index < -0.39 is 4.84 Å². The second kappa shape index (κ2) is 5.91. The largest absolute Gasteiger partial charge is 0.349 e. The van der Waals surface area contributed by atoms with E-state index in [2.05, 4.69) is 0 Å². The summed E-state index contributed by atoms with van der Waals surface area (Å²) >= 11 is 11.3. The van der Waals surface area contributed by atoms with Crippen molar-refractivity contribution in [3.63, 3.8) is 0 Å². The maximum Gasteiger partial charge on any atom is 0.258 e. The van der Waals surface area contributed by atoms with Gasteiger partial charge in [-0.05, 0) is 6.42 Å². The molecule has 98 valence electrons. The molecule has 2 atom stereocenters. The third-order valence-electron chi connectivity index (χ3n) is 3.01. The lowest BCUT2D eigenvalue weighted by atomic mass is 10.2. The minimum Gasteiger partial charge on any atom is -0.349 e. The molecule has 0 aromatic heterocycles. The van der Waals surface area contributed by atoms with Crippen LogP contribution in [0.3, 0.4) is 0 Å². The summed E-state index contributed by atoms with van der Waals surface area (Å²) in [7, 11) is 0. The standard InChI is InChI=1S/C13H15Cl2NO2/c1-2-10-8-16(12(17)11(14)15)13(18-10)9-6-4-3-5-7-9/h3-7,10-11,13H,2,8H2,1H3. The summed E-state index contributed by atoms with van der Waals surface area (Å²) in [6.07, 6.45) is 0.498. The van der Waals surface area contributed by atoms with Gasteiger partial charge in [0, 0.05) is 12.1 Å². The van der Waals surface area contributed by atoms with Crippen LogP contribution in [0.1, 0.15) is 25.1 Å². The van der Waals surface area contributed by atoms with E-state index in [1.165, 1.54) is 0 Å². The number of carbonyl (C=O) groups excluding carboxylic acids is 1. The molecule has 0 radical (unpaired) electrons. The van der Waals surface area contributed by atoms with E-state index in [4.69, 9.17) is 27.9 Å². The Bertz CT molecular complexity index is 411. The van der Waals surface area contributed by atoms with Gasteiger partial charge in [0.25, 0.3) is 5.91 Å². The number of amides is 1. The summed E-state index contributed by atoms with van der Waals surface area (Å²) in [5.74, 6) is -0.303. The minimum absolute atomic E-state index is 0.0336. The summed E-state index contributed by atoms with van der Waals surface area (Å²) in [5.41, 5.74) is 0.941. The lowest BCUT2D eigenvalue weighted by molar-refractivity contribution is -0.134. The Morgan fingerprint density at radius 2 is 2.11 bits per heavy atom. The summed E-state index contributed by atoms with van der Waals surface area (Å²) in [4.78, 5) is 12.5. The van der Waals surface area contributed by atoms with Gasteiger partial charge in [0.1, 0.15) is 0 Å². The maximum atomic E-state index is 12.0. The quantitative estimate of drug-likeness (QED) is 0.800. The number of ether oxygens (including phenoxy) is 1. The summed E-state index contributed by atoms with van der Waals surface area (Å²) in [6.45, 7) is 2.56. The van der Waals surface area contributed by atoms with Crippen LogP contribution in [-0.2, 0) is 9.53 Å². The number of halogens is 2. The summed E-state index contributed by atoms with van der Waals surface area (Å²) < 4.78 is 5.87. The highest BCUT2D eigenvalue weighted by molar-refractivity contribution is 6.53. The van der Waals surface area contributed by atoms with E-state index in [-0.39, 0.29) is 18.2 Å². The van der Waals surface area contributed by atoms with Gasteiger partial charge in [-0.15, -0.1) is 0 Å². The molecule has 1 aliphatic rings. The molecule has 1 saturated heterocycles. The first-order valence-corrected chi connectivity index (χ1v) is 6.79. The summed E-state index contributed by atoms with van der Waals surface area (Å²) in [6, 6.07) is 9.62. The van der Waals surface area contributed by atoms with Gasteiger partial charge in [-0.1, -0.05) is 60.5 Å². The van der Waals surface area contributed by atoms with Crippen molar-refractivity contribution in [1.82, 2.24) is 4.90 Å². The average Bonchev–Trinajstić information content (AvgIpc) is 2.82. The third-order valence-corrected chi connectivity index (χ3v) is 3.39. The average molecular weight is 288 g/mol. The van der Waals surface area contributed by atoms with Crippen LogP contribution in [0.4, 0.5) is 0 Å². The number of benzene rings is 1. The van der Waals surface area contributed by atoms with Crippen LogP contribution in [0.2, 0.25) is 0 Å². The van der Waals surface area contributed by atoms with Gasteiger partial charge >= 0.3 is 0 Å². The highest BCUT2D eigenvalue weighted by atomic mass is 35.5.